The fraction of sp³-hybridized carbons (Fsp3) is 0.0909. The van der Waals surface area contributed by atoms with E-state index in [9.17, 15) is 0 Å². The van der Waals surface area contributed by atoms with Crippen molar-refractivity contribution in [2.45, 2.75) is 56.3 Å². The number of anilines is 5. The monoisotopic (exact) mass is 1290 g/mol. The van der Waals surface area contributed by atoms with E-state index in [0.29, 0.717) is 0 Å². The Morgan fingerprint density at radius 3 is 1.29 bits per heavy atom. The van der Waals surface area contributed by atoms with E-state index in [1.807, 2.05) is 0 Å². The molecule has 0 amide bonds. The van der Waals surface area contributed by atoms with Gasteiger partial charge in [0.15, 0.2) is 0 Å². The summed E-state index contributed by atoms with van der Waals surface area (Å²) >= 11 is 0. The lowest BCUT2D eigenvalue weighted by atomic mass is 9.67. The summed E-state index contributed by atoms with van der Waals surface area (Å²) in [6, 6.07) is 128. The maximum atomic E-state index is 2.54. The van der Waals surface area contributed by atoms with Crippen LogP contribution in [-0.2, 0) is 16.2 Å². The summed E-state index contributed by atoms with van der Waals surface area (Å²) in [6.45, 7) is 9.56. The van der Waals surface area contributed by atoms with Crippen molar-refractivity contribution in [1.29, 1.82) is 0 Å². The van der Waals surface area contributed by atoms with Crippen LogP contribution in [0.2, 0.25) is 0 Å². The third-order valence-electron chi connectivity index (χ3n) is 22.8. The van der Waals surface area contributed by atoms with Crippen molar-refractivity contribution in [3.05, 3.63) is 414 Å². The molecule has 0 radical (unpaired) electrons. The van der Waals surface area contributed by atoms with Gasteiger partial charge in [0.1, 0.15) is 0 Å². The van der Waals surface area contributed by atoms with Gasteiger partial charge in [-0.05, 0) is 242 Å². The minimum atomic E-state index is -0.539. The molecular formula is C99H74N2. The molecule has 2 heteroatoms. The molecule has 4 aliphatic carbocycles. The maximum absolute atomic E-state index is 2.54. The van der Waals surface area contributed by atoms with E-state index in [4.69, 9.17) is 0 Å². The Balaban J connectivity index is 0.654. The second-order valence-corrected chi connectivity index (χ2v) is 29.1. The summed E-state index contributed by atoms with van der Waals surface area (Å²) < 4.78 is 0. The van der Waals surface area contributed by atoms with Crippen molar-refractivity contribution in [1.82, 2.24) is 0 Å². The third kappa shape index (κ3) is 9.75. The molecule has 15 aromatic rings. The highest BCUT2D eigenvalue weighted by molar-refractivity contribution is 5.97. The molecule has 480 valence electrons. The van der Waals surface area contributed by atoms with Crippen LogP contribution in [0.3, 0.4) is 0 Å². The maximum Gasteiger partial charge on any atom is 0.0714 e. The predicted molar refractivity (Wildman–Crippen MR) is 424 cm³/mol. The number of benzene rings is 15. The molecule has 19 rings (SSSR count). The van der Waals surface area contributed by atoms with E-state index in [1.54, 1.807) is 0 Å². The summed E-state index contributed by atoms with van der Waals surface area (Å²) in [7, 11) is 0. The Morgan fingerprint density at radius 2 is 0.683 bits per heavy atom. The van der Waals surface area contributed by atoms with Crippen LogP contribution in [0.1, 0.15) is 90.1 Å². The van der Waals surface area contributed by atoms with Crippen molar-refractivity contribution in [2.24, 2.45) is 0 Å². The van der Waals surface area contributed by atoms with Crippen molar-refractivity contribution in [3.8, 4) is 66.8 Å². The molecule has 0 bridgehead atoms. The normalized spacial score (nSPS) is 15.2. The van der Waals surface area contributed by atoms with E-state index in [-0.39, 0.29) is 16.7 Å². The molecule has 0 N–H and O–H groups in total. The summed E-state index contributed by atoms with van der Waals surface area (Å²) in [4.78, 5) is 4.96. The van der Waals surface area contributed by atoms with Crippen LogP contribution in [0.5, 0.6) is 0 Å². The van der Waals surface area contributed by atoms with E-state index in [2.05, 4.69) is 395 Å². The topological polar surface area (TPSA) is 6.48 Å². The first kappa shape index (κ1) is 60.1. The molecule has 1 unspecified atom stereocenters. The molecule has 0 fully saturated rings. The minimum Gasteiger partial charge on any atom is -0.311 e. The first-order chi connectivity index (χ1) is 49.5. The molecule has 0 heterocycles. The molecule has 15 aromatic carbocycles. The standard InChI is InChI=1S/C99H74N2/c1-97(2)91-55-52-82(62-90(91)89-59-74-25-15-17-27-76(74)61-94(89)97)100(79-44-38-66(39-45-79)65-22-8-5-9-23-65)80-46-40-67(41-47-80)69-28-20-30-71(56-69)72-31-21-29-70(57-72)68-42-48-81(49-43-68)101(83-51-54-87-88-58-73-24-14-16-26-75(73)60-93(88)98(3,4)95(87)63-83)84-50-53-86-85-36-18-19-37-92(85)99(96(86)64-84,77-32-10-6-11-33-77)78-34-12-7-13-35-78/h5-42,44-64,68H,43H2,1-4H3. The Bertz CT molecular complexity index is 5810. The van der Waals surface area contributed by atoms with Gasteiger partial charge >= 0.3 is 0 Å². The molecular weight excluding hydrogens is 1220 g/mol. The van der Waals surface area contributed by atoms with E-state index < -0.39 is 5.41 Å². The number of allylic oxidation sites excluding steroid dienone is 3. The molecule has 0 aliphatic heterocycles. The summed E-state index contributed by atoms with van der Waals surface area (Å²) in [5.74, 6) is 0.182. The second-order valence-electron chi connectivity index (χ2n) is 29.1. The van der Waals surface area contributed by atoms with Crippen LogP contribution in [0.25, 0.3) is 88.3 Å². The Hall–Kier alpha value is -12.1. The lowest BCUT2D eigenvalue weighted by Gasteiger charge is -2.35. The van der Waals surface area contributed by atoms with Gasteiger partial charge in [-0.3, -0.25) is 0 Å². The average Bonchev–Trinajstić information content (AvgIpc) is 1.56. The zero-order valence-electron chi connectivity index (χ0n) is 57.2. The fourth-order valence-electron chi connectivity index (χ4n) is 17.7. The highest BCUT2D eigenvalue weighted by Gasteiger charge is 2.47. The second kappa shape index (κ2) is 23.5. The van der Waals surface area contributed by atoms with Crippen molar-refractivity contribution in [2.75, 3.05) is 9.80 Å². The van der Waals surface area contributed by atoms with E-state index in [1.165, 1.54) is 138 Å². The van der Waals surface area contributed by atoms with Gasteiger partial charge in [0.2, 0.25) is 0 Å². The number of hydrogen-bond acceptors (Lipinski definition) is 2. The van der Waals surface area contributed by atoms with Gasteiger partial charge in [0, 0.05) is 50.9 Å². The SMILES string of the molecule is CC1(C)c2ccc(N(c3ccc(-c4ccccc4)cc3)c3ccc(-c4cccc(-c5cccc(C6C=CC(N(c7ccc8c(c7)C(C)(C)c7cc9ccccc9cc7-8)c7ccc8c(c7)C(c7ccccc7)(c7ccccc7)c7ccccc7-8)=CC6)c5)c4)cc3)cc2-c2cc3ccccc3cc21. The van der Waals surface area contributed by atoms with Gasteiger partial charge in [-0.15, -0.1) is 0 Å². The predicted octanol–water partition coefficient (Wildman–Crippen LogP) is 26.2. The van der Waals surface area contributed by atoms with Gasteiger partial charge in [0.25, 0.3) is 0 Å². The summed E-state index contributed by atoms with van der Waals surface area (Å²) in [5, 5.41) is 5.10. The highest BCUT2D eigenvalue weighted by atomic mass is 15.2. The lowest BCUT2D eigenvalue weighted by Crippen LogP contribution is -2.29. The van der Waals surface area contributed by atoms with Crippen LogP contribution >= 0.6 is 0 Å². The molecule has 0 saturated carbocycles. The Morgan fingerprint density at radius 1 is 0.267 bits per heavy atom. The summed E-state index contributed by atoms with van der Waals surface area (Å²) in [5.41, 5.74) is 32.8. The van der Waals surface area contributed by atoms with Crippen molar-refractivity contribution < 1.29 is 0 Å². The van der Waals surface area contributed by atoms with Crippen LogP contribution in [-0.4, -0.2) is 0 Å². The van der Waals surface area contributed by atoms with Crippen LogP contribution in [0.15, 0.2) is 364 Å². The molecule has 0 aromatic heterocycles. The number of hydrogen-bond donors (Lipinski definition) is 0. The first-order valence-corrected chi connectivity index (χ1v) is 35.7. The van der Waals surface area contributed by atoms with E-state index in [0.717, 1.165) is 40.6 Å². The molecule has 0 spiro atoms. The van der Waals surface area contributed by atoms with Crippen molar-refractivity contribution in [3.63, 3.8) is 0 Å². The highest BCUT2D eigenvalue weighted by Crippen LogP contribution is 2.59. The molecule has 1 atom stereocenters. The minimum absolute atomic E-state index is 0.126. The van der Waals surface area contributed by atoms with Gasteiger partial charge in [0.05, 0.1) is 5.41 Å². The van der Waals surface area contributed by atoms with Gasteiger partial charge < -0.3 is 9.80 Å². The average molecular weight is 1290 g/mol. The van der Waals surface area contributed by atoms with E-state index >= 15 is 0 Å². The van der Waals surface area contributed by atoms with Crippen LogP contribution in [0.4, 0.5) is 28.4 Å². The number of fused-ring (bicyclic) bond motifs is 11. The quantitative estimate of drug-likeness (QED) is 0.120. The smallest absolute Gasteiger partial charge is 0.0714 e. The molecule has 2 nitrogen and oxygen atoms in total. The van der Waals surface area contributed by atoms with Gasteiger partial charge in [-0.1, -0.05) is 289 Å². The molecule has 0 saturated heterocycles. The van der Waals surface area contributed by atoms with Crippen LogP contribution < -0.4 is 9.80 Å². The lowest BCUT2D eigenvalue weighted by molar-refractivity contribution is 0.661. The first-order valence-electron chi connectivity index (χ1n) is 35.7. The Labute approximate surface area is 592 Å². The number of nitrogens with zero attached hydrogens (tertiary/aromatic N) is 2. The van der Waals surface area contributed by atoms with Gasteiger partial charge in [-0.25, -0.2) is 0 Å². The fourth-order valence-corrected chi connectivity index (χ4v) is 17.7. The van der Waals surface area contributed by atoms with Crippen LogP contribution in [0, 0.1) is 0 Å². The zero-order valence-corrected chi connectivity index (χ0v) is 57.2. The molecule has 4 aliphatic rings. The molecule has 101 heavy (non-hydrogen) atoms. The third-order valence-corrected chi connectivity index (χ3v) is 22.8. The van der Waals surface area contributed by atoms with Gasteiger partial charge in [-0.2, -0.15) is 0 Å². The largest absolute Gasteiger partial charge is 0.311 e. The zero-order chi connectivity index (χ0) is 67.6. The van der Waals surface area contributed by atoms with Crippen molar-refractivity contribution >= 4 is 50.0 Å². The summed E-state index contributed by atoms with van der Waals surface area (Å²) in [6.07, 6.45) is 8.17. The number of rotatable bonds is 12. The Kier molecular flexibility index (Phi) is 14.0.